The van der Waals surface area contributed by atoms with Crippen LogP contribution in [0.4, 0.5) is 0 Å². The summed E-state index contributed by atoms with van der Waals surface area (Å²) in [6.45, 7) is 4.77. The first-order chi connectivity index (χ1) is 10.4. The fourth-order valence-electron chi connectivity index (χ4n) is 2.05. The van der Waals surface area contributed by atoms with Gasteiger partial charge in [-0.2, -0.15) is 8.42 Å². The number of rotatable bonds is 6. The van der Waals surface area contributed by atoms with Crippen LogP contribution < -0.4 is 4.74 Å². The van der Waals surface area contributed by atoms with Crippen LogP contribution in [0, 0.1) is 0 Å². The molecule has 22 heavy (non-hydrogen) atoms. The maximum atomic E-state index is 10.9. The monoisotopic (exact) mass is 320 g/mol. The molecule has 4 nitrogen and oxygen atoms in total. The van der Waals surface area contributed by atoms with Gasteiger partial charge in [-0.3, -0.25) is 4.55 Å². The van der Waals surface area contributed by atoms with Gasteiger partial charge < -0.3 is 4.74 Å². The largest absolute Gasteiger partial charge is 0.489 e. The number of hydrogen-bond acceptors (Lipinski definition) is 3. The first-order valence-electron chi connectivity index (χ1n) is 7.19. The van der Waals surface area contributed by atoms with Crippen molar-refractivity contribution in [1.82, 2.24) is 0 Å². The van der Waals surface area contributed by atoms with Crippen molar-refractivity contribution >= 4 is 10.1 Å². The Kier molecular flexibility index (Phi) is 5.21. The molecule has 1 atom stereocenters. The van der Waals surface area contributed by atoms with Crippen LogP contribution in [0.3, 0.4) is 0 Å². The molecule has 1 unspecified atom stereocenters. The molecule has 2 rings (SSSR count). The van der Waals surface area contributed by atoms with Crippen LogP contribution in [-0.4, -0.2) is 13.0 Å². The summed E-state index contributed by atoms with van der Waals surface area (Å²) in [4.78, 5) is -0.141. The summed E-state index contributed by atoms with van der Waals surface area (Å²) >= 11 is 0. The molecule has 2 aromatic carbocycles. The molecule has 0 aromatic heterocycles. The third-order valence-electron chi connectivity index (χ3n) is 3.69. The maximum Gasteiger partial charge on any atom is 0.294 e. The molecule has 0 fully saturated rings. The lowest BCUT2D eigenvalue weighted by Gasteiger charge is -2.10. The third kappa shape index (κ3) is 4.32. The Morgan fingerprint density at radius 3 is 2.14 bits per heavy atom. The fourth-order valence-corrected chi connectivity index (χ4v) is 2.53. The van der Waals surface area contributed by atoms with E-state index in [0.717, 1.165) is 12.0 Å². The van der Waals surface area contributed by atoms with E-state index in [1.165, 1.54) is 29.8 Å². The van der Waals surface area contributed by atoms with E-state index in [2.05, 4.69) is 26.0 Å². The van der Waals surface area contributed by atoms with Gasteiger partial charge in [-0.05, 0) is 47.7 Å². The van der Waals surface area contributed by atoms with Crippen molar-refractivity contribution in [3.63, 3.8) is 0 Å². The highest BCUT2D eigenvalue weighted by atomic mass is 32.2. The first-order valence-corrected chi connectivity index (χ1v) is 8.63. The zero-order valence-electron chi connectivity index (χ0n) is 12.7. The molecule has 0 spiro atoms. The number of ether oxygens (including phenoxy) is 1. The molecule has 0 amide bonds. The molecule has 0 bridgehead atoms. The summed E-state index contributed by atoms with van der Waals surface area (Å²) in [6, 6.07) is 14.0. The molecule has 0 saturated heterocycles. The molecular formula is C17H20O4S. The van der Waals surface area contributed by atoms with Gasteiger partial charge in [0, 0.05) is 0 Å². The van der Waals surface area contributed by atoms with Crippen molar-refractivity contribution < 1.29 is 17.7 Å². The van der Waals surface area contributed by atoms with Crippen molar-refractivity contribution in [2.24, 2.45) is 0 Å². The van der Waals surface area contributed by atoms with E-state index in [0.29, 0.717) is 18.3 Å². The smallest absolute Gasteiger partial charge is 0.294 e. The summed E-state index contributed by atoms with van der Waals surface area (Å²) in [5.74, 6) is 1.10. The van der Waals surface area contributed by atoms with E-state index < -0.39 is 10.1 Å². The van der Waals surface area contributed by atoms with E-state index in [9.17, 15) is 8.42 Å². The van der Waals surface area contributed by atoms with Gasteiger partial charge in [0.2, 0.25) is 0 Å². The van der Waals surface area contributed by atoms with E-state index in [1.807, 2.05) is 12.1 Å². The maximum absolute atomic E-state index is 10.9. The van der Waals surface area contributed by atoms with Crippen LogP contribution in [-0.2, 0) is 16.7 Å². The average molecular weight is 320 g/mol. The summed E-state index contributed by atoms with van der Waals surface area (Å²) in [6.07, 6.45) is 1.11. The zero-order valence-corrected chi connectivity index (χ0v) is 13.5. The van der Waals surface area contributed by atoms with Gasteiger partial charge >= 0.3 is 0 Å². The van der Waals surface area contributed by atoms with Crippen molar-refractivity contribution in [2.45, 2.75) is 37.7 Å². The summed E-state index contributed by atoms with van der Waals surface area (Å²) < 4.78 is 36.4. The van der Waals surface area contributed by atoms with Crippen molar-refractivity contribution in [2.75, 3.05) is 0 Å². The Hall–Kier alpha value is -1.85. The molecule has 1 N–H and O–H groups in total. The van der Waals surface area contributed by atoms with E-state index >= 15 is 0 Å². The fraction of sp³-hybridized carbons (Fsp3) is 0.294. The van der Waals surface area contributed by atoms with Crippen LogP contribution in [0.2, 0.25) is 0 Å². The van der Waals surface area contributed by atoms with Crippen LogP contribution in [0.15, 0.2) is 53.4 Å². The van der Waals surface area contributed by atoms with Gasteiger partial charge in [-0.15, -0.1) is 0 Å². The van der Waals surface area contributed by atoms with Crippen LogP contribution in [0.1, 0.15) is 37.3 Å². The lowest BCUT2D eigenvalue weighted by atomic mass is 9.98. The predicted octanol–water partition coefficient (Wildman–Crippen LogP) is 4.03. The Morgan fingerprint density at radius 1 is 1.05 bits per heavy atom. The zero-order chi connectivity index (χ0) is 16.2. The standard InChI is InChI=1S/C17H20O4S/c1-3-13(2)15-6-4-14(5-7-15)12-21-16-8-10-17(11-9-16)22(18,19)20/h4-11,13H,3,12H2,1-2H3,(H,18,19,20). The Labute approximate surface area is 131 Å². The minimum absolute atomic E-state index is 0.141. The van der Waals surface area contributed by atoms with E-state index in [-0.39, 0.29) is 4.90 Å². The lowest BCUT2D eigenvalue weighted by molar-refractivity contribution is 0.306. The average Bonchev–Trinajstić information content (AvgIpc) is 2.52. The normalized spacial score (nSPS) is 12.9. The highest BCUT2D eigenvalue weighted by Gasteiger charge is 2.08. The SMILES string of the molecule is CCC(C)c1ccc(COc2ccc(S(=O)(=O)O)cc2)cc1. The van der Waals surface area contributed by atoms with Gasteiger partial charge in [0.1, 0.15) is 12.4 Å². The minimum atomic E-state index is -4.16. The van der Waals surface area contributed by atoms with Gasteiger partial charge in [0.25, 0.3) is 10.1 Å². The van der Waals surface area contributed by atoms with Gasteiger partial charge in [-0.1, -0.05) is 38.1 Å². The summed E-state index contributed by atoms with van der Waals surface area (Å²) in [7, 11) is -4.16. The molecule has 118 valence electrons. The van der Waals surface area contributed by atoms with Gasteiger partial charge in [-0.25, -0.2) is 0 Å². The second-order valence-corrected chi connectivity index (χ2v) is 6.71. The molecular weight excluding hydrogens is 300 g/mol. The van der Waals surface area contributed by atoms with Crippen LogP contribution in [0.25, 0.3) is 0 Å². The number of hydrogen-bond donors (Lipinski definition) is 1. The lowest BCUT2D eigenvalue weighted by Crippen LogP contribution is -1.99. The second kappa shape index (κ2) is 6.94. The molecule has 5 heteroatoms. The molecule has 0 saturated carbocycles. The van der Waals surface area contributed by atoms with Crippen LogP contribution in [0.5, 0.6) is 5.75 Å². The predicted molar refractivity (Wildman–Crippen MR) is 85.7 cm³/mol. The van der Waals surface area contributed by atoms with Crippen molar-refractivity contribution in [3.05, 3.63) is 59.7 Å². The molecule has 0 aliphatic heterocycles. The quantitative estimate of drug-likeness (QED) is 0.816. The highest BCUT2D eigenvalue weighted by Crippen LogP contribution is 2.20. The summed E-state index contributed by atoms with van der Waals surface area (Å²) in [5, 5.41) is 0. The third-order valence-corrected chi connectivity index (χ3v) is 4.56. The highest BCUT2D eigenvalue weighted by molar-refractivity contribution is 7.85. The molecule has 0 radical (unpaired) electrons. The van der Waals surface area contributed by atoms with E-state index in [1.54, 1.807) is 0 Å². The van der Waals surface area contributed by atoms with Gasteiger partial charge in [0.15, 0.2) is 0 Å². The Morgan fingerprint density at radius 2 is 1.64 bits per heavy atom. The Balaban J connectivity index is 1.98. The van der Waals surface area contributed by atoms with Crippen molar-refractivity contribution in [1.29, 1.82) is 0 Å². The second-order valence-electron chi connectivity index (χ2n) is 5.29. The van der Waals surface area contributed by atoms with E-state index in [4.69, 9.17) is 9.29 Å². The minimum Gasteiger partial charge on any atom is -0.489 e. The van der Waals surface area contributed by atoms with Gasteiger partial charge in [0.05, 0.1) is 4.90 Å². The van der Waals surface area contributed by atoms with Crippen LogP contribution >= 0.6 is 0 Å². The Bertz CT molecular complexity index is 703. The molecule has 0 aliphatic rings. The molecule has 2 aromatic rings. The molecule has 0 heterocycles. The number of benzene rings is 2. The molecule has 0 aliphatic carbocycles. The first kappa shape index (κ1) is 16.5. The van der Waals surface area contributed by atoms with Crippen molar-refractivity contribution in [3.8, 4) is 5.75 Å². The topological polar surface area (TPSA) is 63.6 Å². The summed E-state index contributed by atoms with van der Waals surface area (Å²) in [5.41, 5.74) is 2.36.